The summed E-state index contributed by atoms with van der Waals surface area (Å²) in [5.41, 5.74) is 0.0140. The van der Waals surface area contributed by atoms with Crippen molar-refractivity contribution < 1.29 is 14.6 Å². The lowest BCUT2D eigenvalue weighted by molar-refractivity contribution is 0.0898. The fourth-order valence-electron chi connectivity index (χ4n) is 2.96. The molecule has 0 saturated heterocycles. The molecule has 5 nitrogen and oxygen atoms in total. The van der Waals surface area contributed by atoms with E-state index in [1.54, 1.807) is 0 Å². The number of nitrogens with one attached hydrogen (secondary N) is 1. The first-order chi connectivity index (χ1) is 10.7. The van der Waals surface area contributed by atoms with Gasteiger partial charge in [-0.15, -0.1) is 0 Å². The summed E-state index contributed by atoms with van der Waals surface area (Å²) >= 11 is 0. The third kappa shape index (κ3) is 3.84. The van der Waals surface area contributed by atoms with Crippen LogP contribution < -0.4 is 10.1 Å². The zero-order chi connectivity index (χ0) is 17.2. The molecule has 1 amide bonds. The van der Waals surface area contributed by atoms with Gasteiger partial charge in [-0.3, -0.25) is 4.79 Å². The molecule has 23 heavy (non-hydrogen) atoms. The van der Waals surface area contributed by atoms with Gasteiger partial charge in [0.2, 0.25) is 0 Å². The van der Waals surface area contributed by atoms with E-state index in [2.05, 4.69) is 50.1 Å². The fraction of sp³-hybridized carbons (Fsp3) is 0.556. The van der Waals surface area contributed by atoms with E-state index in [0.29, 0.717) is 11.8 Å². The Morgan fingerprint density at radius 2 is 2.13 bits per heavy atom. The van der Waals surface area contributed by atoms with Crippen molar-refractivity contribution >= 4 is 5.91 Å². The molecule has 0 saturated carbocycles. The predicted octanol–water partition coefficient (Wildman–Crippen LogP) is 3.15. The van der Waals surface area contributed by atoms with E-state index < -0.39 is 0 Å². The van der Waals surface area contributed by atoms with E-state index in [1.165, 1.54) is 19.4 Å². The summed E-state index contributed by atoms with van der Waals surface area (Å²) in [6.07, 6.45) is 6.74. The minimum atomic E-state index is -0.372. The van der Waals surface area contributed by atoms with E-state index in [4.69, 9.17) is 4.74 Å². The molecule has 1 aromatic rings. The van der Waals surface area contributed by atoms with Gasteiger partial charge in [-0.05, 0) is 23.7 Å². The van der Waals surface area contributed by atoms with Gasteiger partial charge in [0.1, 0.15) is 0 Å². The molecule has 1 aliphatic carbocycles. The Labute approximate surface area is 137 Å². The average molecular weight is 318 g/mol. The van der Waals surface area contributed by atoms with Crippen LogP contribution in [0.2, 0.25) is 0 Å². The summed E-state index contributed by atoms with van der Waals surface area (Å²) in [5.74, 6) is 0.315. The van der Waals surface area contributed by atoms with E-state index in [-0.39, 0.29) is 34.6 Å². The van der Waals surface area contributed by atoms with E-state index in [9.17, 15) is 9.90 Å². The molecule has 2 rings (SSSR count). The summed E-state index contributed by atoms with van der Waals surface area (Å²) in [7, 11) is 1.44. The summed E-state index contributed by atoms with van der Waals surface area (Å²) in [4.78, 5) is 16.6. The number of rotatable bonds is 3. The molecule has 5 heteroatoms. The summed E-state index contributed by atoms with van der Waals surface area (Å²) in [5, 5.41) is 13.2. The van der Waals surface area contributed by atoms with Crippen LogP contribution in [0.3, 0.4) is 0 Å². The van der Waals surface area contributed by atoms with Gasteiger partial charge in [0, 0.05) is 18.3 Å². The van der Waals surface area contributed by atoms with Gasteiger partial charge in [-0.2, -0.15) is 0 Å². The highest BCUT2D eigenvalue weighted by Gasteiger charge is 2.32. The number of ether oxygens (including phenoxy) is 1. The van der Waals surface area contributed by atoms with Gasteiger partial charge in [0.05, 0.1) is 7.11 Å². The molecule has 3 atom stereocenters. The summed E-state index contributed by atoms with van der Waals surface area (Å²) < 4.78 is 5.04. The first-order valence-corrected chi connectivity index (χ1v) is 7.97. The van der Waals surface area contributed by atoms with Crippen molar-refractivity contribution in [3.63, 3.8) is 0 Å². The van der Waals surface area contributed by atoms with Gasteiger partial charge in [0.15, 0.2) is 17.2 Å². The topological polar surface area (TPSA) is 71.5 Å². The molecule has 3 unspecified atom stereocenters. The monoisotopic (exact) mass is 318 g/mol. The van der Waals surface area contributed by atoms with E-state index in [0.717, 1.165) is 6.42 Å². The van der Waals surface area contributed by atoms with Crippen LogP contribution in [0.5, 0.6) is 11.5 Å². The van der Waals surface area contributed by atoms with Crippen molar-refractivity contribution in [2.24, 2.45) is 17.3 Å². The van der Waals surface area contributed by atoms with Crippen LogP contribution in [0.4, 0.5) is 0 Å². The van der Waals surface area contributed by atoms with Crippen molar-refractivity contribution in [2.45, 2.75) is 40.2 Å². The highest BCUT2D eigenvalue weighted by molar-refractivity contribution is 5.95. The number of aromatic hydroxyl groups is 1. The highest BCUT2D eigenvalue weighted by atomic mass is 16.5. The summed E-state index contributed by atoms with van der Waals surface area (Å²) in [6.45, 7) is 8.62. The molecule has 0 fully saturated rings. The maximum absolute atomic E-state index is 12.6. The molecule has 1 aliphatic rings. The Morgan fingerprint density at radius 1 is 1.43 bits per heavy atom. The largest absolute Gasteiger partial charge is 0.503 e. The Balaban J connectivity index is 2.22. The Bertz CT molecular complexity index is 610. The van der Waals surface area contributed by atoms with Gasteiger partial charge < -0.3 is 15.2 Å². The highest BCUT2D eigenvalue weighted by Crippen LogP contribution is 2.35. The second-order valence-electron chi connectivity index (χ2n) is 7.06. The van der Waals surface area contributed by atoms with Crippen molar-refractivity contribution in [1.29, 1.82) is 0 Å². The molecular weight excluding hydrogens is 292 g/mol. The quantitative estimate of drug-likeness (QED) is 0.840. The number of nitrogens with zero attached hydrogens (tertiary/aromatic N) is 1. The maximum Gasteiger partial charge on any atom is 0.274 e. The molecular formula is C18H26N2O3. The number of allylic oxidation sites excluding steroid dienone is 2. The minimum Gasteiger partial charge on any atom is -0.503 e. The number of carbonyl (C=O) groups excluding carboxylic acids is 1. The van der Waals surface area contributed by atoms with E-state index >= 15 is 0 Å². The minimum absolute atomic E-state index is 0.000727. The molecule has 0 radical (unpaired) electrons. The van der Waals surface area contributed by atoms with Crippen molar-refractivity contribution in [1.82, 2.24) is 10.3 Å². The number of aromatic nitrogens is 1. The first kappa shape index (κ1) is 17.3. The first-order valence-electron chi connectivity index (χ1n) is 7.97. The molecule has 1 heterocycles. The number of amides is 1. The second-order valence-corrected chi connectivity index (χ2v) is 7.06. The van der Waals surface area contributed by atoms with Crippen LogP contribution in [0.15, 0.2) is 24.4 Å². The van der Waals surface area contributed by atoms with Crippen molar-refractivity contribution in [2.75, 3.05) is 7.11 Å². The van der Waals surface area contributed by atoms with Gasteiger partial charge in [-0.25, -0.2) is 4.98 Å². The molecule has 1 aromatic heterocycles. The fourth-order valence-corrected chi connectivity index (χ4v) is 2.96. The molecule has 0 aromatic carbocycles. The smallest absolute Gasteiger partial charge is 0.274 e. The SMILES string of the molecule is COc1ccnc(C(=O)NC2CC(C)(C)C=CC(C)C2C)c1O. The normalized spacial score (nSPS) is 26.4. The Morgan fingerprint density at radius 3 is 2.78 bits per heavy atom. The standard InChI is InChI=1S/C18H26N2O3/c1-11-6-8-18(3,4)10-13(12(11)2)20-17(22)15-16(21)14(23-5)7-9-19-15/h6-9,11-13,21H,10H2,1-5H3,(H,20,22). The van der Waals surface area contributed by atoms with Crippen LogP contribution in [-0.2, 0) is 0 Å². The average Bonchev–Trinajstić information content (AvgIpc) is 2.59. The number of hydrogen-bond acceptors (Lipinski definition) is 4. The van der Waals surface area contributed by atoms with Gasteiger partial charge in [-0.1, -0.05) is 39.8 Å². The molecule has 2 N–H and O–H groups in total. The van der Waals surface area contributed by atoms with E-state index in [1.807, 2.05) is 0 Å². The van der Waals surface area contributed by atoms with Crippen LogP contribution in [0.1, 0.15) is 44.6 Å². The zero-order valence-corrected chi connectivity index (χ0v) is 14.5. The molecule has 0 aliphatic heterocycles. The number of carbonyl (C=O) groups is 1. The lowest BCUT2D eigenvalue weighted by Crippen LogP contribution is -2.42. The van der Waals surface area contributed by atoms with Crippen LogP contribution in [0, 0.1) is 17.3 Å². The van der Waals surface area contributed by atoms with Crippen molar-refractivity contribution in [3.05, 3.63) is 30.1 Å². The predicted molar refractivity (Wildman–Crippen MR) is 89.6 cm³/mol. The molecule has 0 spiro atoms. The number of pyridine rings is 1. The molecule has 0 bridgehead atoms. The van der Waals surface area contributed by atoms with Gasteiger partial charge in [0.25, 0.3) is 5.91 Å². The van der Waals surface area contributed by atoms with Crippen LogP contribution in [-0.4, -0.2) is 29.1 Å². The van der Waals surface area contributed by atoms with Gasteiger partial charge >= 0.3 is 0 Å². The third-order valence-electron chi connectivity index (χ3n) is 4.70. The number of hydrogen-bond donors (Lipinski definition) is 2. The van der Waals surface area contributed by atoms with Crippen LogP contribution >= 0.6 is 0 Å². The zero-order valence-electron chi connectivity index (χ0n) is 14.5. The maximum atomic E-state index is 12.6. The Kier molecular flexibility index (Phi) is 4.97. The van der Waals surface area contributed by atoms with Crippen LogP contribution in [0.25, 0.3) is 0 Å². The van der Waals surface area contributed by atoms with Crippen molar-refractivity contribution in [3.8, 4) is 11.5 Å². The Hall–Kier alpha value is -2.04. The second kappa shape index (κ2) is 6.60. The third-order valence-corrected chi connectivity index (χ3v) is 4.70. The number of methoxy groups -OCH3 is 1. The lowest BCUT2D eigenvalue weighted by Gasteiger charge is -2.30. The summed E-state index contributed by atoms with van der Waals surface area (Å²) in [6, 6.07) is 1.53. The lowest BCUT2D eigenvalue weighted by atomic mass is 9.82. The molecule has 126 valence electrons.